The highest BCUT2D eigenvalue weighted by Crippen LogP contribution is 2.13. The maximum Gasteiger partial charge on any atom is 0.317 e. The first-order chi connectivity index (χ1) is 9.02. The molecular weight excluding hydrogens is 246 g/mol. The minimum absolute atomic E-state index is 0.000266. The smallest absolute Gasteiger partial charge is 0.317 e. The van der Waals surface area contributed by atoms with E-state index in [1.54, 1.807) is 36.2 Å². The van der Waals surface area contributed by atoms with Gasteiger partial charge in [0.1, 0.15) is 5.75 Å². The minimum atomic E-state index is -0.893. The molecule has 0 aromatic heterocycles. The number of ketones is 1. The zero-order valence-corrected chi connectivity index (χ0v) is 11.3. The van der Waals surface area contributed by atoms with Gasteiger partial charge in [-0.25, -0.2) is 0 Å². The predicted octanol–water partition coefficient (Wildman–Crippen LogP) is 1.67. The zero-order chi connectivity index (χ0) is 14.3. The van der Waals surface area contributed by atoms with E-state index in [2.05, 4.69) is 0 Å². The number of aliphatic carboxylic acids is 1. The van der Waals surface area contributed by atoms with Crippen molar-refractivity contribution in [3.05, 3.63) is 29.8 Å². The average molecular weight is 265 g/mol. The highest BCUT2D eigenvalue weighted by Gasteiger charge is 2.09. The van der Waals surface area contributed by atoms with Crippen LogP contribution in [0.1, 0.15) is 23.7 Å². The molecule has 0 heterocycles. The van der Waals surface area contributed by atoms with E-state index in [0.29, 0.717) is 25.1 Å². The molecule has 5 heteroatoms. The van der Waals surface area contributed by atoms with Gasteiger partial charge in [0.25, 0.3) is 0 Å². The SMILES string of the molecule is CCOc1ccc(C(=O)CCN(C)CC(=O)O)cc1. The van der Waals surface area contributed by atoms with Crippen molar-refractivity contribution in [2.75, 3.05) is 26.7 Å². The zero-order valence-electron chi connectivity index (χ0n) is 11.3. The Labute approximate surface area is 112 Å². The number of nitrogens with zero attached hydrogens (tertiary/aromatic N) is 1. The maximum atomic E-state index is 11.9. The standard InChI is InChI=1S/C14H19NO4/c1-3-19-12-6-4-11(5-7-12)13(16)8-9-15(2)10-14(17)18/h4-7H,3,8-10H2,1-2H3,(H,17,18). The van der Waals surface area contributed by atoms with Crippen LogP contribution in [0, 0.1) is 0 Å². The molecule has 1 aromatic rings. The summed E-state index contributed by atoms with van der Waals surface area (Å²) >= 11 is 0. The van der Waals surface area contributed by atoms with E-state index in [-0.39, 0.29) is 12.3 Å². The molecule has 0 unspecified atom stereocenters. The molecule has 19 heavy (non-hydrogen) atoms. The Morgan fingerprint density at radius 2 is 1.89 bits per heavy atom. The van der Waals surface area contributed by atoms with Gasteiger partial charge in [0.05, 0.1) is 13.2 Å². The molecule has 1 rings (SSSR count). The van der Waals surface area contributed by atoms with Gasteiger partial charge >= 0.3 is 5.97 Å². The van der Waals surface area contributed by atoms with Crippen molar-refractivity contribution < 1.29 is 19.4 Å². The number of Topliss-reactive ketones (excluding diaryl/α,β-unsaturated/α-hetero) is 1. The third-order valence-electron chi connectivity index (χ3n) is 2.61. The van der Waals surface area contributed by atoms with Crippen LogP contribution in [-0.4, -0.2) is 48.5 Å². The molecule has 0 fully saturated rings. The Balaban J connectivity index is 2.47. The normalized spacial score (nSPS) is 10.5. The molecule has 0 saturated carbocycles. The second-order valence-corrected chi connectivity index (χ2v) is 4.26. The summed E-state index contributed by atoms with van der Waals surface area (Å²) < 4.78 is 5.30. The lowest BCUT2D eigenvalue weighted by molar-refractivity contribution is -0.137. The van der Waals surface area contributed by atoms with Gasteiger partial charge in [0.2, 0.25) is 0 Å². The number of likely N-dealkylation sites (N-methyl/N-ethyl adjacent to an activating group) is 1. The number of carbonyl (C=O) groups excluding carboxylic acids is 1. The predicted molar refractivity (Wildman–Crippen MR) is 71.7 cm³/mol. The Morgan fingerprint density at radius 3 is 2.42 bits per heavy atom. The molecular formula is C14H19NO4. The van der Waals surface area contributed by atoms with Gasteiger partial charge in [-0.2, -0.15) is 0 Å². The van der Waals surface area contributed by atoms with Gasteiger partial charge in [-0.05, 0) is 38.2 Å². The van der Waals surface area contributed by atoms with Crippen LogP contribution in [0.2, 0.25) is 0 Å². The van der Waals surface area contributed by atoms with Crippen molar-refractivity contribution >= 4 is 11.8 Å². The van der Waals surface area contributed by atoms with Crippen LogP contribution < -0.4 is 4.74 Å². The quantitative estimate of drug-likeness (QED) is 0.724. The van der Waals surface area contributed by atoms with E-state index in [1.807, 2.05) is 6.92 Å². The molecule has 0 atom stereocenters. The van der Waals surface area contributed by atoms with Gasteiger partial charge in [-0.3, -0.25) is 14.5 Å². The van der Waals surface area contributed by atoms with Crippen LogP contribution >= 0.6 is 0 Å². The van der Waals surface area contributed by atoms with E-state index < -0.39 is 5.97 Å². The van der Waals surface area contributed by atoms with E-state index >= 15 is 0 Å². The Kier molecular flexibility index (Phi) is 6.02. The monoisotopic (exact) mass is 265 g/mol. The average Bonchev–Trinajstić information content (AvgIpc) is 2.36. The Morgan fingerprint density at radius 1 is 1.26 bits per heavy atom. The summed E-state index contributed by atoms with van der Waals surface area (Å²) in [6, 6.07) is 6.98. The van der Waals surface area contributed by atoms with Gasteiger partial charge < -0.3 is 9.84 Å². The van der Waals surface area contributed by atoms with Crippen LogP contribution in [0.4, 0.5) is 0 Å². The highest BCUT2D eigenvalue weighted by molar-refractivity contribution is 5.96. The summed E-state index contributed by atoms with van der Waals surface area (Å²) in [6.07, 6.45) is 0.303. The Hall–Kier alpha value is -1.88. The Bertz CT molecular complexity index is 428. The number of carbonyl (C=O) groups is 2. The maximum absolute atomic E-state index is 11.9. The molecule has 0 saturated heterocycles. The van der Waals surface area contributed by atoms with Gasteiger partial charge in [0, 0.05) is 18.5 Å². The van der Waals surface area contributed by atoms with Gasteiger partial charge in [0.15, 0.2) is 5.78 Å². The number of carboxylic acids is 1. The molecule has 0 aliphatic heterocycles. The molecule has 0 radical (unpaired) electrons. The first-order valence-corrected chi connectivity index (χ1v) is 6.19. The first-order valence-electron chi connectivity index (χ1n) is 6.19. The van der Waals surface area contributed by atoms with E-state index in [1.165, 1.54) is 0 Å². The van der Waals surface area contributed by atoms with Crippen LogP contribution in [0.3, 0.4) is 0 Å². The number of hydrogen-bond donors (Lipinski definition) is 1. The van der Waals surface area contributed by atoms with Crippen LogP contribution in [0.15, 0.2) is 24.3 Å². The molecule has 104 valence electrons. The lowest BCUT2D eigenvalue weighted by Crippen LogP contribution is -2.27. The summed E-state index contributed by atoms with van der Waals surface area (Å²) in [6.45, 7) is 2.86. The van der Waals surface area contributed by atoms with Crippen LogP contribution in [0.25, 0.3) is 0 Å². The third-order valence-corrected chi connectivity index (χ3v) is 2.61. The van der Waals surface area contributed by atoms with Crippen LogP contribution in [0.5, 0.6) is 5.75 Å². The van der Waals surface area contributed by atoms with Crippen molar-refractivity contribution in [1.29, 1.82) is 0 Å². The van der Waals surface area contributed by atoms with Crippen molar-refractivity contribution in [3.8, 4) is 5.75 Å². The molecule has 0 spiro atoms. The number of ether oxygens (including phenoxy) is 1. The second kappa shape index (κ2) is 7.53. The fourth-order valence-electron chi connectivity index (χ4n) is 1.65. The first kappa shape index (κ1) is 15.2. The van der Waals surface area contributed by atoms with E-state index in [4.69, 9.17) is 9.84 Å². The summed E-state index contributed by atoms with van der Waals surface area (Å²) in [7, 11) is 1.68. The fourth-order valence-corrected chi connectivity index (χ4v) is 1.65. The summed E-state index contributed by atoms with van der Waals surface area (Å²) in [4.78, 5) is 24.0. The molecule has 0 bridgehead atoms. The molecule has 5 nitrogen and oxygen atoms in total. The number of benzene rings is 1. The lowest BCUT2D eigenvalue weighted by atomic mass is 10.1. The topological polar surface area (TPSA) is 66.8 Å². The molecule has 1 aromatic carbocycles. The third kappa shape index (κ3) is 5.52. The number of hydrogen-bond acceptors (Lipinski definition) is 4. The fraction of sp³-hybridized carbons (Fsp3) is 0.429. The van der Waals surface area contributed by atoms with E-state index in [0.717, 1.165) is 5.75 Å². The van der Waals surface area contributed by atoms with Crippen LogP contribution in [-0.2, 0) is 4.79 Å². The second-order valence-electron chi connectivity index (χ2n) is 4.26. The van der Waals surface area contributed by atoms with Crippen molar-refractivity contribution in [2.24, 2.45) is 0 Å². The molecule has 1 N–H and O–H groups in total. The minimum Gasteiger partial charge on any atom is -0.494 e. The highest BCUT2D eigenvalue weighted by atomic mass is 16.5. The molecule has 0 aliphatic rings. The summed E-state index contributed by atoms with van der Waals surface area (Å²) in [5, 5.41) is 8.61. The molecule has 0 aliphatic carbocycles. The summed E-state index contributed by atoms with van der Waals surface area (Å²) in [5.74, 6) is -0.154. The summed E-state index contributed by atoms with van der Waals surface area (Å²) in [5.41, 5.74) is 0.618. The molecule has 0 amide bonds. The van der Waals surface area contributed by atoms with Gasteiger partial charge in [-0.15, -0.1) is 0 Å². The van der Waals surface area contributed by atoms with E-state index in [9.17, 15) is 9.59 Å². The number of rotatable bonds is 8. The lowest BCUT2D eigenvalue weighted by Gasteiger charge is -2.13. The van der Waals surface area contributed by atoms with Crippen molar-refractivity contribution in [1.82, 2.24) is 4.90 Å². The van der Waals surface area contributed by atoms with Gasteiger partial charge in [-0.1, -0.05) is 0 Å². The number of carboxylic acid groups (broad SMARTS) is 1. The van der Waals surface area contributed by atoms with Crippen molar-refractivity contribution in [2.45, 2.75) is 13.3 Å². The largest absolute Gasteiger partial charge is 0.494 e. The van der Waals surface area contributed by atoms with Crippen molar-refractivity contribution in [3.63, 3.8) is 0 Å².